The maximum atomic E-state index is 3.69. The zero-order valence-corrected chi connectivity index (χ0v) is 11.6. The summed E-state index contributed by atoms with van der Waals surface area (Å²) < 4.78 is 0. The van der Waals surface area contributed by atoms with Crippen molar-refractivity contribution in [1.82, 2.24) is 10.2 Å². The molecular weight excluding hydrogens is 196 g/mol. The summed E-state index contributed by atoms with van der Waals surface area (Å²) in [6.45, 7) is 9.19. The zero-order valence-electron chi connectivity index (χ0n) is 11.6. The largest absolute Gasteiger partial charge is 0.314 e. The Kier molecular flexibility index (Phi) is 6.37. The van der Waals surface area contributed by atoms with Crippen molar-refractivity contribution in [2.24, 2.45) is 5.92 Å². The van der Waals surface area contributed by atoms with Crippen molar-refractivity contribution in [1.29, 1.82) is 0 Å². The molecule has 0 aliphatic heterocycles. The van der Waals surface area contributed by atoms with Crippen molar-refractivity contribution in [3.05, 3.63) is 0 Å². The smallest absolute Gasteiger partial charge is 0.0107 e. The van der Waals surface area contributed by atoms with Crippen molar-refractivity contribution in [3.8, 4) is 0 Å². The molecule has 0 aromatic carbocycles. The molecule has 0 amide bonds. The first-order chi connectivity index (χ1) is 7.65. The molecule has 2 atom stereocenters. The van der Waals surface area contributed by atoms with E-state index in [1.54, 1.807) is 0 Å². The van der Waals surface area contributed by atoms with Gasteiger partial charge in [0.1, 0.15) is 0 Å². The van der Waals surface area contributed by atoms with Crippen LogP contribution in [0.1, 0.15) is 52.9 Å². The second-order valence-corrected chi connectivity index (χ2v) is 5.60. The highest BCUT2D eigenvalue weighted by Gasteiger charge is 2.24. The molecule has 1 fully saturated rings. The highest BCUT2D eigenvalue weighted by Crippen LogP contribution is 2.24. The zero-order chi connectivity index (χ0) is 12.0. The summed E-state index contributed by atoms with van der Waals surface area (Å²) in [4.78, 5) is 2.50. The third kappa shape index (κ3) is 4.42. The van der Waals surface area contributed by atoms with E-state index in [0.29, 0.717) is 6.04 Å². The van der Waals surface area contributed by atoms with Crippen LogP contribution in [0.5, 0.6) is 0 Å². The molecule has 0 saturated heterocycles. The van der Waals surface area contributed by atoms with Gasteiger partial charge in [-0.2, -0.15) is 0 Å². The number of nitrogens with one attached hydrogen (secondary N) is 1. The highest BCUT2D eigenvalue weighted by molar-refractivity contribution is 4.81. The van der Waals surface area contributed by atoms with Crippen molar-refractivity contribution >= 4 is 0 Å². The average molecular weight is 226 g/mol. The van der Waals surface area contributed by atoms with Crippen molar-refractivity contribution in [3.63, 3.8) is 0 Å². The van der Waals surface area contributed by atoms with E-state index in [-0.39, 0.29) is 0 Å². The molecule has 0 aromatic rings. The van der Waals surface area contributed by atoms with Crippen LogP contribution in [0, 0.1) is 5.92 Å². The Balaban J connectivity index is 2.50. The molecule has 0 heterocycles. The maximum Gasteiger partial charge on any atom is 0.0107 e. The molecule has 1 saturated carbocycles. The Bertz CT molecular complexity index is 180. The Labute approximate surface area is 102 Å². The predicted molar refractivity (Wildman–Crippen MR) is 71.8 cm³/mol. The van der Waals surface area contributed by atoms with Crippen LogP contribution < -0.4 is 5.32 Å². The van der Waals surface area contributed by atoms with Crippen LogP contribution in [0.2, 0.25) is 0 Å². The van der Waals surface area contributed by atoms with Crippen molar-refractivity contribution < 1.29 is 0 Å². The highest BCUT2D eigenvalue weighted by atomic mass is 15.1. The van der Waals surface area contributed by atoms with Gasteiger partial charge in [-0.3, -0.25) is 0 Å². The third-order valence-corrected chi connectivity index (χ3v) is 4.03. The van der Waals surface area contributed by atoms with Crippen molar-refractivity contribution in [2.75, 3.05) is 20.1 Å². The fraction of sp³-hybridized carbons (Fsp3) is 1.00. The van der Waals surface area contributed by atoms with Gasteiger partial charge in [0.2, 0.25) is 0 Å². The lowest BCUT2D eigenvalue weighted by Crippen LogP contribution is -2.42. The summed E-state index contributed by atoms with van der Waals surface area (Å²) in [6, 6.07) is 1.43. The molecule has 0 aromatic heterocycles. The molecule has 96 valence electrons. The van der Waals surface area contributed by atoms with Crippen LogP contribution >= 0.6 is 0 Å². The molecule has 2 nitrogen and oxygen atoms in total. The molecule has 0 radical (unpaired) electrons. The Morgan fingerprint density at radius 2 is 1.88 bits per heavy atom. The summed E-state index contributed by atoms with van der Waals surface area (Å²) in [6.07, 6.45) is 7.07. The molecule has 0 bridgehead atoms. The first kappa shape index (κ1) is 14.0. The van der Waals surface area contributed by atoms with E-state index in [2.05, 4.69) is 38.0 Å². The summed E-state index contributed by atoms with van der Waals surface area (Å²) >= 11 is 0. The first-order valence-electron chi connectivity index (χ1n) is 7.08. The third-order valence-electron chi connectivity index (χ3n) is 4.03. The molecule has 2 unspecified atom stereocenters. The van der Waals surface area contributed by atoms with E-state index in [1.165, 1.54) is 38.6 Å². The molecule has 16 heavy (non-hydrogen) atoms. The lowest BCUT2D eigenvalue weighted by molar-refractivity contribution is 0.194. The average Bonchev–Trinajstić information content (AvgIpc) is 2.45. The van der Waals surface area contributed by atoms with Gasteiger partial charge >= 0.3 is 0 Å². The van der Waals surface area contributed by atoms with E-state index in [1.807, 2.05) is 0 Å². The standard InChI is InChI=1S/C14H30N2/c1-5-15-14-10-8-6-7-9-13(14)11-16(4)12(2)3/h12-15H,5-11H2,1-4H3. The van der Waals surface area contributed by atoms with Crippen LogP contribution in [-0.2, 0) is 0 Å². The molecule has 1 aliphatic carbocycles. The minimum Gasteiger partial charge on any atom is -0.314 e. The SMILES string of the molecule is CCNC1CCCCCC1CN(C)C(C)C. The lowest BCUT2D eigenvalue weighted by Gasteiger charge is -2.31. The summed E-state index contributed by atoms with van der Waals surface area (Å²) in [5, 5.41) is 3.69. The fourth-order valence-electron chi connectivity index (χ4n) is 2.71. The summed E-state index contributed by atoms with van der Waals surface area (Å²) in [7, 11) is 2.26. The second kappa shape index (κ2) is 7.29. The van der Waals surface area contributed by atoms with E-state index in [4.69, 9.17) is 0 Å². The van der Waals surface area contributed by atoms with Gasteiger partial charge < -0.3 is 10.2 Å². The quantitative estimate of drug-likeness (QED) is 0.725. The van der Waals surface area contributed by atoms with Crippen molar-refractivity contribution in [2.45, 2.75) is 65.0 Å². The molecule has 1 rings (SSSR count). The minimum atomic E-state index is 0.672. The van der Waals surface area contributed by atoms with E-state index in [9.17, 15) is 0 Å². The fourth-order valence-corrected chi connectivity index (χ4v) is 2.71. The first-order valence-corrected chi connectivity index (χ1v) is 7.08. The predicted octanol–water partition coefficient (Wildman–Crippen LogP) is 2.89. The van der Waals surface area contributed by atoms with E-state index in [0.717, 1.165) is 18.5 Å². The Hall–Kier alpha value is -0.0800. The van der Waals surface area contributed by atoms with Gasteiger partial charge in [0, 0.05) is 18.6 Å². The number of nitrogens with zero attached hydrogens (tertiary/aromatic N) is 1. The molecule has 1 N–H and O–H groups in total. The Morgan fingerprint density at radius 1 is 1.19 bits per heavy atom. The lowest BCUT2D eigenvalue weighted by atomic mass is 9.94. The summed E-state index contributed by atoms with van der Waals surface area (Å²) in [5.74, 6) is 0.856. The second-order valence-electron chi connectivity index (χ2n) is 5.60. The molecule has 2 heteroatoms. The number of rotatable bonds is 5. The van der Waals surface area contributed by atoms with Crippen LogP contribution in [0.3, 0.4) is 0 Å². The molecule has 0 spiro atoms. The number of hydrogen-bond acceptors (Lipinski definition) is 2. The van der Waals surface area contributed by atoms with Gasteiger partial charge in [-0.25, -0.2) is 0 Å². The molecule has 1 aliphatic rings. The van der Waals surface area contributed by atoms with Crippen LogP contribution in [0.4, 0.5) is 0 Å². The topological polar surface area (TPSA) is 15.3 Å². The monoisotopic (exact) mass is 226 g/mol. The van der Waals surface area contributed by atoms with Crippen LogP contribution in [-0.4, -0.2) is 37.1 Å². The van der Waals surface area contributed by atoms with Gasteiger partial charge in [-0.1, -0.05) is 26.2 Å². The van der Waals surface area contributed by atoms with Gasteiger partial charge in [0.15, 0.2) is 0 Å². The van der Waals surface area contributed by atoms with Gasteiger partial charge in [-0.05, 0) is 46.2 Å². The van der Waals surface area contributed by atoms with Gasteiger partial charge in [-0.15, -0.1) is 0 Å². The van der Waals surface area contributed by atoms with Crippen LogP contribution in [0.15, 0.2) is 0 Å². The number of hydrogen-bond donors (Lipinski definition) is 1. The maximum absolute atomic E-state index is 3.69. The Morgan fingerprint density at radius 3 is 2.50 bits per heavy atom. The van der Waals surface area contributed by atoms with E-state index < -0.39 is 0 Å². The van der Waals surface area contributed by atoms with E-state index >= 15 is 0 Å². The molecular formula is C14H30N2. The minimum absolute atomic E-state index is 0.672. The van der Waals surface area contributed by atoms with Crippen LogP contribution in [0.25, 0.3) is 0 Å². The normalized spacial score (nSPS) is 27.4. The summed E-state index contributed by atoms with van der Waals surface area (Å²) in [5.41, 5.74) is 0. The van der Waals surface area contributed by atoms with Gasteiger partial charge in [0.05, 0.1) is 0 Å². The van der Waals surface area contributed by atoms with Gasteiger partial charge in [0.25, 0.3) is 0 Å².